The van der Waals surface area contributed by atoms with Gasteiger partial charge >= 0.3 is 0 Å². The average Bonchev–Trinajstić information content (AvgIpc) is 3.20. The molecule has 3 unspecified atom stereocenters. The normalized spacial score (nSPS) is 30.4. The maximum absolute atomic E-state index is 9.52. The zero-order chi connectivity index (χ0) is 13.9. The molecule has 0 aromatic carbocycles. The summed E-state index contributed by atoms with van der Waals surface area (Å²) in [4.78, 5) is 4.12. The van der Waals surface area contributed by atoms with Crippen molar-refractivity contribution >= 4 is 11.3 Å². The summed E-state index contributed by atoms with van der Waals surface area (Å²) in [6.07, 6.45) is 7.52. The van der Waals surface area contributed by atoms with Gasteiger partial charge in [0, 0.05) is 23.5 Å². The van der Waals surface area contributed by atoms with Crippen LogP contribution in [0.25, 0.3) is 0 Å². The molecule has 0 saturated heterocycles. The molecule has 0 aliphatic heterocycles. The van der Waals surface area contributed by atoms with E-state index in [4.69, 9.17) is 0 Å². The number of thiophene rings is 1. The van der Waals surface area contributed by atoms with Crippen molar-refractivity contribution in [1.82, 2.24) is 4.90 Å². The highest BCUT2D eigenvalue weighted by Gasteiger charge is 2.40. The standard InChI is InChI=1S/C17H24N2S/c1-2-13-5-6-14(11-18)17(10-13)19(15-7-8-15)12-16-4-3-9-20-16/h3-4,9,13-15,17H,2,5-8,10,12H2,1H3. The van der Waals surface area contributed by atoms with Crippen molar-refractivity contribution in [2.24, 2.45) is 11.8 Å². The predicted octanol–water partition coefficient (Wildman–Crippen LogP) is 4.43. The lowest BCUT2D eigenvalue weighted by molar-refractivity contribution is 0.0865. The molecule has 2 aliphatic rings. The van der Waals surface area contributed by atoms with E-state index in [0.717, 1.165) is 24.9 Å². The minimum absolute atomic E-state index is 0.248. The van der Waals surface area contributed by atoms with Crippen molar-refractivity contribution in [3.05, 3.63) is 22.4 Å². The lowest BCUT2D eigenvalue weighted by Crippen LogP contribution is -2.44. The van der Waals surface area contributed by atoms with Crippen LogP contribution in [-0.2, 0) is 6.54 Å². The van der Waals surface area contributed by atoms with Crippen LogP contribution < -0.4 is 0 Å². The molecule has 0 spiro atoms. The van der Waals surface area contributed by atoms with E-state index in [1.165, 1.54) is 37.0 Å². The van der Waals surface area contributed by atoms with E-state index in [2.05, 4.69) is 35.4 Å². The van der Waals surface area contributed by atoms with Gasteiger partial charge in [0.05, 0.1) is 12.0 Å². The predicted molar refractivity (Wildman–Crippen MR) is 83.4 cm³/mol. The molecule has 20 heavy (non-hydrogen) atoms. The second-order valence-electron chi connectivity index (χ2n) is 6.37. The molecule has 2 aliphatic carbocycles. The van der Waals surface area contributed by atoms with Crippen molar-refractivity contribution in [2.45, 2.75) is 64.1 Å². The highest BCUT2D eigenvalue weighted by molar-refractivity contribution is 7.09. The minimum atomic E-state index is 0.248. The van der Waals surface area contributed by atoms with Gasteiger partial charge in [-0.2, -0.15) is 5.26 Å². The summed E-state index contributed by atoms with van der Waals surface area (Å²) in [7, 11) is 0. The van der Waals surface area contributed by atoms with Gasteiger partial charge in [-0.3, -0.25) is 4.90 Å². The lowest BCUT2D eigenvalue weighted by atomic mass is 9.77. The Morgan fingerprint density at radius 2 is 2.20 bits per heavy atom. The van der Waals surface area contributed by atoms with Crippen LogP contribution in [0.1, 0.15) is 50.3 Å². The molecule has 108 valence electrons. The van der Waals surface area contributed by atoms with Crippen LogP contribution in [0.15, 0.2) is 17.5 Å². The zero-order valence-electron chi connectivity index (χ0n) is 12.3. The Kier molecular flexibility index (Phi) is 4.43. The summed E-state index contributed by atoms with van der Waals surface area (Å²) in [5, 5.41) is 11.7. The maximum atomic E-state index is 9.52. The number of hydrogen-bond donors (Lipinski definition) is 0. The van der Waals surface area contributed by atoms with Gasteiger partial charge in [-0.05, 0) is 49.5 Å². The Labute approximate surface area is 126 Å². The molecule has 1 aromatic rings. The fourth-order valence-electron chi connectivity index (χ4n) is 3.63. The van der Waals surface area contributed by atoms with Gasteiger partial charge < -0.3 is 0 Å². The lowest BCUT2D eigenvalue weighted by Gasteiger charge is -2.40. The van der Waals surface area contributed by atoms with E-state index in [1.807, 2.05) is 11.3 Å². The quantitative estimate of drug-likeness (QED) is 0.801. The summed E-state index contributed by atoms with van der Waals surface area (Å²) in [6, 6.07) is 8.22. The Morgan fingerprint density at radius 3 is 2.80 bits per heavy atom. The summed E-state index contributed by atoms with van der Waals surface area (Å²) >= 11 is 1.85. The number of nitrogens with zero attached hydrogens (tertiary/aromatic N) is 2. The van der Waals surface area contributed by atoms with Crippen LogP contribution in [0, 0.1) is 23.2 Å². The third-order valence-corrected chi connectivity index (χ3v) is 5.89. The molecule has 2 nitrogen and oxygen atoms in total. The number of hydrogen-bond acceptors (Lipinski definition) is 3. The molecule has 0 N–H and O–H groups in total. The highest BCUT2D eigenvalue weighted by atomic mass is 32.1. The van der Waals surface area contributed by atoms with Gasteiger partial charge in [0.1, 0.15) is 0 Å². The third-order valence-electron chi connectivity index (χ3n) is 5.03. The monoisotopic (exact) mass is 288 g/mol. The van der Waals surface area contributed by atoms with E-state index in [9.17, 15) is 5.26 Å². The molecule has 1 heterocycles. The molecule has 2 saturated carbocycles. The Morgan fingerprint density at radius 1 is 1.35 bits per heavy atom. The van der Waals surface area contributed by atoms with Crippen molar-refractivity contribution in [3.8, 4) is 6.07 Å². The van der Waals surface area contributed by atoms with Crippen LogP contribution in [-0.4, -0.2) is 17.0 Å². The van der Waals surface area contributed by atoms with Crippen molar-refractivity contribution in [3.63, 3.8) is 0 Å². The topological polar surface area (TPSA) is 27.0 Å². The minimum Gasteiger partial charge on any atom is -0.291 e. The molecule has 0 radical (unpaired) electrons. The van der Waals surface area contributed by atoms with Crippen molar-refractivity contribution in [2.75, 3.05) is 0 Å². The third kappa shape index (κ3) is 3.07. The molecular weight excluding hydrogens is 264 g/mol. The Balaban J connectivity index is 1.75. The molecule has 3 rings (SSSR count). The first kappa shape index (κ1) is 14.1. The number of rotatable bonds is 5. The fourth-order valence-corrected chi connectivity index (χ4v) is 4.34. The van der Waals surface area contributed by atoms with Gasteiger partial charge in [0.25, 0.3) is 0 Å². The fraction of sp³-hybridized carbons (Fsp3) is 0.706. The van der Waals surface area contributed by atoms with Crippen LogP contribution in [0.4, 0.5) is 0 Å². The summed E-state index contributed by atoms with van der Waals surface area (Å²) in [6.45, 7) is 3.36. The summed E-state index contributed by atoms with van der Waals surface area (Å²) in [5.74, 6) is 1.08. The van der Waals surface area contributed by atoms with Crippen molar-refractivity contribution in [1.29, 1.82) is 5.26 Å². The molecule has 1 aromatic heterocycles. The SMILES string of the molecule is CCC1CCC(C#N)C(N(Cc2cccs2)C2CC2)C1. The van der Waals surface area contributed by atoms with E-state index >= 15 is 0 Å². The molecule has 0 bridgehead atoms. The first-order chi connectivity index (χ1) is 9.81. The average molecular weight is 288 g/mol. The zero-order valence-corrected chi connectivity index (χ0v) is 13.1. The Bertz CT molecular complexity index is 458. The highest BCUT2D eigenvalue weighted by Crippen LogP contribution is 2.40. The number of nitriles is 1. The second-order valence-corrected chi connectivity index (χ2v) is 7.41. The first-order valence-corrected chi connectivity index (χ1v) is 8.87. The van der Waals surface area contributed by atoms with E-state index in [1.54, 1.807) is 0 Å². The molecule has 3 atom stereocenters. The van der Waals surface area contributed by atoms with Crippen molar-refractivity contribution < 1.29 is 0 Å². The largest absolute Gasteiger partial charge is 0.291 e. The maximum Gasteiger partial charge on any atom is 0.0672 e. The molecule has 0 amide bonds. The van der Waals surface area contributed by atoms with Crippen LogP contribution in [0.5, 0.6) is 0 Å². The summed E-state index contributed by atoms with van der Waals surface area (Å²) < 4.78 is 0. The summed E-state index contributed by atoms with van der Waals surface area (Å²) in [5.41, 5.74) is 0. The van der Waals surface area contributed by atoms with Crippen LogP contribution in [0.2, 0.25) is 0 Å². The molecule has 3 heteroatoms. The van der Waals surface area contributed by atoms with Gasteiger partial charge in [-0.15, -0.1) is 11.3 Å². The van der Waals surface area contributed by atoms with Gasteiger partial charge in [-0.25, -0.2) is 0 Å². The smallest absolute Gasteiger partial charge is 0.0672 e. The Hall–Kier alpha value is -0.850. The van der Waals surface area contributed by atoms with E-state index < -0.39 is 0 Å². The van der Waals surface area contributed by atoms with Crippen LogP contribution >= 0.6 is 11.3 Å². The van der Waals surface area contributed by atoms with Crippen LogP contribution in [0.3, 0.4) is 0 Å². The molecule has 2 fully saturated rings. The van der Waals surface area contributed by atoms with Gasteiger partial charge in [0.15, 0.2) is 0 Å². The molecular formula is C17H24N2S. The van der Waals surface area contributed by atoms with E-state index in [0.29, 0.717) is 6.04 Å². The first-order valence-electron chi connectivity index (χ1n) is 7.99. The van der Waals surface area contributed by atoms with Gasteiger partial charge in [0.2, 0.25) is 0 Å². The van der Waals surface area contributed by atoms with Gasteiger partial charge in [-0.1, -0.05) is 19.4 Å². The second kappa shape index (κ2) is 6.28. The van der Waals surface area contributed by atoms with E-state index in [-0.39, 0.29) is 5.92 Å².